The number of hydrogen-bond acceptors (Lipinski definition) is 4. The van der Waals surface area contributed by atoms with Gasteiger partial charge in [-0.25, -0.2) is 8.42 Å². The van der Waals surface area contributed by atoms with Gasteiger partial charge in [0, 0.05) is 13.1 Å². The van der Waals surface area contributed by atoms with Gasteiger partial charge < -0.3 is 10.2 Å². The third kappa shape index (κ3) is 7.86. The maximum absolute atomic E-state index is 13.4. The van der Waals surface area contributed by atoms with Crippen molar-refractivity contribution in [1.29, 1.82) is 0 Å². The number of nitrogens with zero attached hydrogens (tertiary/aromatic N) is 2. The van der Waals surface area contributed by atoms with Crippen molar-refractivity contribution in [3.8, 4) is 0 Å². The third-order valence-electron chi connectivity index (χ3n) is 5.13. The third-order valence-corrected chi connectivity index (χ3v) is 6.58. The number of halogens is 4. The molecule has 192 valence electrons. The summed E-state index contributed by atoms with van der Waals surface area (Å²) in [5.74, 6) is -1.23. The summed E-state index contributed by atoms with van der Waals surface area (Å²) in [5.41, 5.74) is -0.925. The Bertz CT molecular complexity index is 1140. The quantitative estimate of drug-likeness (QED) is 0.499. The smallest absolute Gasteiger partial charge is 0.354 e. The fourth-order valence-electron chi connectivity index (χ4n) is 3.23. The summed E-state index contributed by atoms with van der Waals surface area (Å²) in [6.45, 7) is 2.87. The van der Waals surface area contributed by atoms with Crippen LogP contribution < -0.4 is 9.62 Å². The van der Waals surface area contributed by atoms with Gasteiger partial charge >= 0.3 is 6.18 Å². The summed E-state index contributed by atoms with van der Waals surface area (Å²) >= 11 is 6.05. The predicted molar refractivity (Wildman–Crippen MR) is 128 cm³/mol. The van der Waals surface area contributed by atoms with Crippen LogP contribution in [0.3, 0.4) is 0 Å². The molecule has 2 amide bonds. The minimum Gasteiger partial charge on any atom is -0.354 e. The summed E-state index contributed by atoms with van der Waals surface area (Å²) < 4.78 is 65.4. The lowest BCUT2D eigenvalue weighted by molar-refractivity contribution is -0.139. The highest BCUT2D eigenvalue weighted by atomic mass is 35.5. The van der Waals surface area contributed by atoms with Crippen LogP contribution in [-0.2, 0) is 32.3 Å². The molecule has 0 aliphatic heterocycles. The van der Waals surface area contributed by atoms with Crippen LogP contribution in [-0.4, -0.2) is 50.5 Å². The first-order valence-electron chi connectivity index (χ1n) is 10.7. The fourth-order valence-corrected chi connectivity index (χ4v) is 4.36. The van der Waals surface area contributed by atoms with Crippen LogP contribution in [0.25, 0.3) is 0 Å². The maximum atomic E-state index is 13.4. The molecule has 0 unspecified atom stereocenters. The highest BCUT2D eigenvalue weighted by Gasteiger charge is 2.34. The number of carbonyl (C=O) groups excluding carboxylic acids is 2. The molecule has 0 spiro atoms. The second-order valence-electron chi connectivity index (χ2n) is 7.91. The van der Waals surface area contributed by atoms with Gasteiger partial charge in [-0.05, 0) is 37.1 Å². The fraction of sp³-hybridized carbons (Fsp3) is 0.391. The van der Waals surface area contributed by atoms with E-state index in [1.807, 2.05) is 6.92 Å². The molecule has 0 aromatic heterocycles. The first-order valence-corrected chi connectivity index (χ1v) is 12.9. The number of sulfonamides is 1. The van der Waals surface area contributed by atoms with Gasteiger partial charge in [-0.3, -0.25) is 13.9 Å². The minimum atomic E-state index is -4.75. The molecule has 2 rings (SSSR count). The lowest BCUT2D eigenvalue weighted by Gasteiger charge is -2.31. The normalized spacial score (nSPS) is 12.7. The van der Waals surface area contributed by atoms with Gasteiger partial charge in [-0.1, -0.05) is 48.9 Å². The molecule has 7 nitrogen and oxygen atoms in total. The summed E-state index contributed by atoms with van der Waals surface area (Å²) in [5, 5.41) is 2.41. The van der Waals surface area contributed by atoms with E-state index in [-0.39, 0.29) is 11.6 Å². The van der Waals surface area contributed by atoms with Gasteiger partial charge in [0.1, 0.15) is 12.6 Å². The Morgan fingerprint density at radius 3 is 2.29 bits per heavy atom. The molecule has 0 bridgehead atoms. The van der Waals surface area contributed by atoms with Crippen LogP contribution in [0.1, 0.15) is 31.4 Å². The van der Waals surface area contributed by atoms with Crippen molar-refractivity contribution in [3.05, 3.63) is 64.7 Å². The van der Waals surface area contributed by atoms with E-state index in [1.54, 1.807) is 30.3 Å². The first kappa shape index (κ1) is 28.4. The summed E-state index contributed by atoms with van der Waals surface area (Å²) in [7, 11) is -4.23. The van der Waals surface area contributed by atoms with Gasteiger partial charge in [0.25, 0.3) is 0 Å². The van der Waals surface area contributed by atoms with Crippen molar-refractivity contribution in [2.45, 2.75) is 39.0 Å². The molecule has 0 fully saturated rings. The van der Waals surface area contributed by atoms with Crippen molar-refractivity contribution in [3.63, 3.8) is 0 Å². The molecule has 35 heavy (non-hydrogen) atoms. The van der Waals surface area contributed by atoms with E-state index in [0.717, 1.165) is 18.4 Å². The number of amides is 2. The van der Waals surface area contributed by atoms with Crippen LogP contribution in [0.15, 0.2) is 48.5 Å². The number of anilines is 1. The Labute approximate surface area is 207 Å². The van der Waals surface area contributed by atoms with E-state index in [1.165, 1.54) is 11.8 Å². The highest BCUT2D eigenvalue weighted by molar-refractivity contribution is 7.92. The lowest BCUT2D eigenvalue weighted by Crippen LogP contribution is -2.51. The number of hydrogen-bond donors (Lipinski definition) is 1. The molecule has 0 aliphatic rings. The second kappa shape index (κ2) is 11.8. The van der Waals surface area contributed by atoms with Crippen molar-refractivity contribution >= 4 is 39.1 Å². The summed E-state index contributed by atoms with van der Waals surface area (Å²) in [6, 6.07) is 9.96. The zero-order valence-corrected chi connectivity index (χ0v) is 21.0. The molecule has 2 aromatic carbocycles. The maximum Gasteiger partial charge on any atom is 0.416 e. The monoisotopic (exact) mass is 533 g/mol. The number of rotatable bonds is 10. The van der Waals surface area contributed by atoms with Gasteiger partial charge in [-0.15, -0.1) is 0 Å². The Balaban J connectivity index is 2.46. The van der Waals surface area contributed by atoms with E-state index < -0.39 is 51.9 Å². The van der Waals surface area contributed by atoms with Crippen LogP contribution in [0.5, 0.6) is 0 Å². The largest absolute Gasteiger partial charge is 0.416 e. The molecular weight excluding hydrogens is 507 g/mol. The van der Waals surface area contributed by atoms with Crippen LogP contribution in [0.2, 0.25) is 5.02 Å². The Hall–Kier alpha value is -2.79. The van der Waals surface area contributed by atoms with Crippen LogP contribution in [0.4, 0.5) is 18.9 Å². The molecule has 1 N–H and O–H groups in total. The molecule has 0 aliphatic carbocycles. The van der Waals surface area contributed by atoms with E-state index in [0.29, 0.717) is 28.9 Å². The van der Waals surface area contributed by atoms with Crippen molar-refractivity contribution < 1.29 is 31.2 Å². The Morgan fingerprint density at radius 2 is 1.74 bits per heavy atom. The molecule has 0 saturated carbocycles. The first-order chi connectivity index (χ1) is 16.3. The molecular formula is C23H27ClF3N3O4S. The number of carbonyl (C=O) groups is 2. The van der Waals surface area contributed by atoms with Gasteiger partial charge in [-0.2, -0.15) is 13.2 Å². The molecule has 0 saturated heterocycles. The van der Waals surface area contributed by atoms with Crippen molar-refractivity contribution in [2.75, 3.05) is 23.7 Å². The Morgan fingerprint density at radius 1 is 1.11 bits per heavy atom. The van der Waals surface area contributed by atoms with E-state index in [4.69, 9.17) is 11.6 Å². The topological polar surface area (TPSA) is 86.8 Å². The lowest BCUT2D eigenvalue weighted by atomic mass is 10.1. The van der Waals surface area contributed by atoms with E-state index in [2.05, 4.69) is 5.32 Å². The summed E-state index contributed by atoms with van der Waals surface area (Å²) in [6.07, 6.45) is -3.32. The standard InChI is InChI=1S/C23H27ClF3N3O4S/c1-4-12-28-22(32)16(2)29(14-17-8-6-5-7-9-17)21(31)15-30(35(3,33)34)20-13-18(23(25,26)27)10-11-19(20)24/h5-11,13,16H,4,12,14-15H2,1-3H3,(H,28,32)/t16-/m0/s1. The molecule has 0 radical (unpaired) electrons. The van der Waals surface area contributed by atoms with Crippen LogP contribution >= 0.6 is 11.6 Å². The predicted octanol–water partition coefficient (Wildman–Crippen LogP) is 4.07. The second-order valence-corrected chi connectivity index (χ2v) is 10.2. The summed E-state index contributed by atoms with van der Waals surface area (Å²) in [4.78, 5) is 27.2. The number of benzene rings is 2. The zero-order chi connectivity index (χ0) is 26.4. The van der Waals surface area contributed by atoms with Gasteiger partial charge in [0.15, 0.2) is 0 Å². The highest BCUT2D eigenvalue weighted by Crippen LogP contribution is 2.36. The van der Waals surface area contributed by atoms with E-state index in [9.17, 15) is 31.2 Å². The molecule has 2 aromatic rings. The van der Waals surface area contributed by atoms with E-state index >= 15 is 0 Å². The molecule has 1 atom stereocenters. The van der Waals surface area contributed by atoms with Gasteiger partial charge in [0.05, 0.1) is 22.5 Å². The average Bonchev–Trinajstić information content (AvgIpc) is 2.78. The van der Waals surface area contributed by atoms with Crippen molar-refractivity contribution in [1.82, 2.24) is 10.2 Å². The molecule has 12 heteroatoms. The Kier molecular flexibility index (Phi) is 9.56. The average molecular weight is 534 g/mol. The minimum absolute atomic E-state index is 0.0195. The SMILES string of the molecule is CCCNC(=O)[C@H](C)N(Cc1ccccc1)C(=O)CN(c1cc(C(F)(F)F)ccc1Cl)S(C)(=O)=O. The molecule has 0 heterocycles. The number of alkyl halides is 3. The van der Waals surface area contributed by atoms with Crippen molar-refractivity contribution in [2.24, 2.45) is 0 Å². The zero-order valence-electron chi connectivity index (χ0n) is 19.5. The number of nitrogens with one attached hydrogen (secondary N) is 1. The van der Waals surface area contributed by atoms with Gasteiger partial charge in [0.2, 0.25) is 21.8 Å². The van der Waals surface area contributed by atoms with Crippen LogP contribution in [0, 0.1) is 0 Å².